The maximum Gasteiger partial charge on any atom is 0.481 e. The lowest BCUT2D eigenvalue weighted by Gasteiger charge is -2.26. The van der Waals surface area contributed by atoms with Crippen LogP contribution in [0, 0.1) is 0 Å². The first-order chi connectivity index (χ1) is 13.0. The topological polar surface area (TPSA) is 234 Å². The molecule has 2 saturated heterocycles. The van der Waals surface area contributed by atoms with E-state index in [0.29, 0.717) is 5.69 Å². The number of aromatic nitrogens is 2. The fourth-order valence-corrected chi connectivity index (χ4v) is 4.56. The number of nitrogens with two attached hydrogens (primary N) is 1. The van der Waals surface area contributed by atoms with Gasteiger partial charge in [-0.1, -0.05) is 0 Å². The molecule has 0 radical (unpaired) electrons. The Hall–Kier alpha value is -1.42. The molecule has 3 aliphatic heterocycles. The number of nitrogen functional groups attached to an aromatic ring is 1. The molecule has 2 fully saturated rings. The maximum absolute atomic E-state index is 11.5. The number of fused-ring (bicyclic) bond motifs is 3. The smallest absolute Gasteiger partial charge is 0.387 e. The number of rotatable bonds is 6. The second-order valence-corrected chi connectivity index (χ2v) is 8.81. The molecule has 0 aliphatic carbocycles. The Morgan fingerprint density at radius 2 is 1.93 bits per heavy atom. The van der Waals surface area contributed by atoms with Crippen LogP contribution in [0.15, 0.2) is 6.33 Å². The van der Waals surface area contributed by atoms with Crippen molar-refractivity contribution in [2.24, 2.45) is 0 Å². The third-order valence-corrected chi connectivity index (χ3v) is 6.27. The Morgan fingerprint density at radius 1 is 1.21 bits per heavy atom. The van der Waals surface area contributed by atoms with E-state index in [0.717, 1.165) is 0 Å². The third kappa shape index (κ3) is 3.49. The van der Waals surface area contributed by atoms with Crippen LogP contribution >= 0.6 is 15.6 Å². The molecular formula is C10H15N5O11P2. The normalized spacial score (nSPS) is 33.5. The van der Waals surface area contributed by atoms with Gasteiger partial charge in [-0.25, -0.2) is 23.9 Å². The zero-order valence-electron chi connectivity index (χ0n) is 13.6. The second-order valence-electron chi connectivity index (χ2n) is 5.98. The van der Waals surface area contributed by atoms with Crippen molar-refractivity contribution in [2.75, 3.05) is 22.3 Å². The average Bonchev–Trinajstić information content (AvgIpc) is 3.19. The summed E-state index contributed by atoms with van der Waals surface area (Å²) in [4.78, 5) is 41.0. The number of anilines is 3. The van der Waals surface area contributed by atoms with Crippen molar-refractivity contribution in [3.8, 4) is 0 Å². The first-order valence-corrected chi connectivity index (χ1v) is 10.6. The zero-order valence-corrected chi connectivity index (χ0v) is 15.4. The summed E-state index contributed by atoms with van der Waals surface area (Å²) >= 11 is 0. The van der Waals surface area contributed by atoms with Crippen LogP contribution in [0.3, 0.4) is 0 Å². The van der Waals surface area contributed by atoms with Crippen molar-refractivity contribution in [1.82, 2.24) is 9.97 Å². The molecule has 1 aromatic rings. The van der Waals surface area contributed by atoms with Crippen molar-refractivity contribution in [1.29, 1.82) is 0 Å². The minimum Gasteiger partial charge on any atom is -0.387 e. The summed E-state index contributed by atoms with van der Waals surface area (Å²) in [6.07, 6.45) is -5.14. The first kappa shape index (κ1) is 19.9. The number of ether oxygens (including phenoxy) is 1. The zero-order chi connectivity index (χ0) is 20.4. The molecule has 0 spiro atoms. The van der Waals surface area contributed by atoms with E-state index in [1.54, 1.807) is 0 Å². The van der Waals surface area contributed by atoms with E-state index in [9.17, 15) is 24.2 Å². The van der Waals surface area contributed by atoms with Gasteiger partial charge >= 0.3 is 15.6 Å². The van der Waals surface area contributed by atoms with E-state index in [1.165, 1.54) is 16.3 Å². The molecule has 0 aromatic carbocycles. The molecule has 3 aliphatic rings. The van der Waals surface area contributed by atoms with Crippen LogP contribution in [-0.4, -0.2) is 72.4 Å². The van der Waals surface area contributed by atoms with Gasteiger partial charge in [-0.3, -0.25) is 9.42 Å². The van der Waals surface area contributed by atoms with E-state index < -0.39 is 53.1 Å². The monoisotopic (exact) mass is 443 g/mol. The molecule has 6 atom stereocenters. The minimum atomic E-state index is -5.30. The Morgan fingerprint density at radius 3 is 2.61 bits per heavy atom. The van der Waals surface area contributed by atoms with Crippen molar-refractivity contribution >= 4 is 33.0 Å². The standard InChI is InChI=1S/C10H15N5O11P2/c11-7-4-8(13-2-12-7)14(10-15(4)25-10)9-6(17)5(16)3(24-9)1-23-28(21,22)26-27(18,19)20/h2-3,5-6,9-10,16-17H,1H2,(H,21,22)(H2,11,12,13)(H2,18,19,20)/t3-,5-,6-,9-,10-,15?/m1/s1. The highest BCUT2D eigenvalue weighted by Gasteiger charge is 2.60. The SMILES string of the molecule is Nc1ncnc2c1N1O[C@@H]1N2[C@@H]1O[C@H](COP(=O)(O)OP(=O)(O)O)[C@@H](O)[C@H]1O. The summed E-state index contributed by atoms with van der Waals surface area (Å²) in [6.45, 7) is -0.815. The molecule has 4 heterocycles. The molecule has 0 saturated carbocycles. The Labute approximate surface area is 155 Å². The maximum atomic E-state index is 11.5. The number of phosphoric ester groups is 1. The van der Waals surface area contributed by atoms with Gasteiger partial charge in [-0.15, -0.1) is 0 Å². The lowest BCUT2D eigenvalue weighted by Crippen LogP contribution is -2.45. The van der Waals surface area contributed by atoms with Crippen LogP contribution < -0.4 is 15.7 Å². The molecule has 7 N–H and O–H groups in total. The number of hydroxylamine groups is 1. The molecule has 156 valence electrons. The van der Waals surface area contributed by atoms with Gasteiger partial charge in [0.25, 0.3) is 6.35 Å². The number of aliphatic hydroxyl groups is 2. The van der Waals surface area contributed by atoms with E-state index in [1.807, 2.05) is 0 Å². The number of nitrogens with zero attached hydrogens (tertiary/aromatic N) is 4. The minimum absolute atomic E-state index is 0.124. The van der Waals surface area contributed by atoms with Gasteiger partial charge in [0.1, 0.15) is 24.6 Å². The van der Waals surface area contributed by atoms with Crippen LogP contribution in [0.5, 0.6) is 0 Å². The van der Waals surface area contributed by atoms with E-state index in [4.69, 9.17) is 25.1 Å². The highest BCUT2D eigenvalue weighted by atomic mass is 31.3. The predicted molar refractivity (Wildman–Crippen MR) is 85.9 cm³/mol. The molecule has 18 heteroatoms. The van der Waals surface area contributed by atoms with Gasteiger partial charge in [0.2, 0.25) is 0 Å². The molecular weight excluding hydrogens is 428 g/mol. The summed E-state index contributed by atoms with van der Waals surface area (Å²) < 4.78 is 35.8. The molecule has 1 unspecified atom stereocenters. The van der Waals surface area contributed by atoms with Gasteiger partial charge in [-0.05, 0) is 0 Å². The summed E-state index contributed by atoms with van der Waals surface area (Å²) in [6, 6.07) is 0. The number of hydrogen-bond acceptors (Lipinski definition) is 13. The Kier molecular flexibility index (Phi) is 4.65. The number of hydrogen-bond donors (Lipinski definition) is 6. The van der Waals surface area contributed by atoms with Crippen molar-refractivity contribution in [3.63, 3.8) is 0 Å². The van der Waals surface area contributed by atoms with Gasteiger partial charge in [0.05, 0.1) is 6.61 Å². The number of phosphoric acid groups is 2. The highest BCUT2D eigenvalue weighted by Crippen LogP contribution is 2.58. The van der Waals surface area contributed by atoms with Gasteiger partial charge in [0.15, 0.2) is 23.6 Å². The molecule has 1 aromatic heterocycles. The van der Waals surface area contributed by atoms with Crippen LogP contribution in [0.4, 0.5) is 17.3 Å². The van der Waals surface area contributed by atoms with Crippen molar-refractivity contribution in [2.45, 2.75) is 30.9 Å². The average molecular weight is 443 g/mol. The van der Waals surface area contributed by atoms with Crippen molar-refractivity contribution in [3.05, 3.63) is 6.33 Å². The van der Waals surface area contributed by atoms with E-state index >= 15 is 0 Å². The first-order valence-electron chi connectivity index (χ1n) is 7.59. The molecule has 28 heavy (non-hydrogen) atoms. The van der Waals surface area contributed by atoms with E-state index in [-0.39, 0.29) is 11.6 Å². The highest BCUT2D eigenvalue weighted by molar-refractivity contribution is 7.60. The Balaban J connectivity index is 1.47. The summed E-state index contributed by atoms with van der Waals surface area (Å²) in [7, 11) is -10.4. The van der Waals surface area contributed by atoms with Crippen LogP contribution in [0.1, 0.15) is 0 Å². The largest absolute Gasteiger partial charge is 0.481 e. The predicted octanol–water partition coefficient (Wildman–Crippen LogP) is -2.41. The molecule has 0 amide bonds. The third-order valence-electron chi connectivity index (χ3n) is 4.12. The molecule has 4 rings (SSSR count). The summed E-state index contributed by atoms with van der Waals surface area (Å²) in [5.41, 5.74) is 6.13. The molecule has 0 bridgehead atoms. The van der Waals surface area contributed by atoms with Gasteiger partial charge in [-0.2, -0.15) is 9.37 Å². The van der Waals surface area contributed by atoms with Gasteiger partial charge < -0.3 is 35.4 Å². The quantitative estimate of drug-likeness (QED) is 0.198. The van der Waals surface area contributed by atoms with E-state index in [2.05, 4.69) is 18.8 Å². The van der Waals surface area contributed by atoms with Gasteiger partial charge in [0, 0.05) is 0 Å². The molecule has 16 nitrogen and oxygen atoms in total. The fourth-order valence-electron chi connectivity index (χ4n) is 2.96. The fraction of sp³-hybridized carbons (Fsp3) is 0.600. The lowest BCUT2D eigenvalue weighted by molar-refractivity contribution is -0.0243. The lowest BCUT2D eigenvalue weighted by atomic mass is 10.1. The Bertz CT molecular complexity index is 883. The van der Waals surface area contributed by atoms with Crippen LogP contribution in [0.25, 0.3) is 0 Å². The van der Waals surface area contributed by atoms with Crippen LogP contribution in [-0.2, 0) is 27.5 Å². The van der Waals surface area contributed by atoms with Crippen LogP contribution in [0.2, 0.25) is 0 Å². The number of aliphatic hydroxyl groups excluding tert-OH is 2. The van der Waals surface area contributed by atoms with Crippen molar-refractivity contribution < 1.29 is 52.4 Å². The summed E-state index contributed by atoms with van der Waals surface area (Å²) in [5.74, 6) is 0.401. The second kappa shape index (κ2) is 6.55. The summed E-state index contributed by atoms with van der Waals surface area (Å²) in [5, 5.41) is 21.9.